The van der Waals surface area contributed by atoms with E-state index in [0.717, 1.165) is 0 Å². The highest BCUT2D eigenvalue weighted by atomic mass is 16.3. The number of hydrogen-bond acceptors (Lipinski definition) is 3. The minimum absolute atomic E-state index is 0.0347. The average molecular weight is 141 g/mol. The average Bonchev–Trinajstić information content (AvgIpc) is 2.05. The van der Waals surface area contributed by atoms with Gasteiger partial charge in [-0.05, 0) is 0 Å². The molecule has 10 heavy (non-hydrogen) atoms. The van der Waals surface area contributed by atoms with Crippen molar-refractivity contribution in [3.8, 4) is 0 Å². The van der Waals surface area contributed by atoms with Gasteiger partial charge in [0, 0.05) is 12.8 Å². The summed E-state index contributed by atoms with van der Waals surface area (Å²) >= 11 is 0. The zero-order chi connectivity index (χ0) is 7.30. The lowest BCUT2D eigenvalue weighted by Gasteiger charge is -2.33. The van der Waals surface area contributed by atoms with Crippen molar-refractivity contribution in [3.63, 3.8) is 0 Å². The topological polar surface area (TPSA) is 60.8 Å². The molecule has 1 saturated heterocycles. The summed E-state index contributed by atoms with van der Waals surface area (Å²) in [7, 11) is 0. The second kappa shape index (κ2) is 1.45. The molecule has 0 aromatic rings. The number of fused-ring (bicyclic) bond motifs is 1. The van der Waals surface area contributed by atoms with Crippen LogP contribution in [-0.2, 0) is 4.79 Å². The van der Waals surface area contributed by atoms with Gasteiger partial charge in [0.1, 0.15) is 0 Å². The molecule has 1 amide bonds. The normalized spacial score (nSPS) is 30.6. The maximum Gasteiger partial charge on any atom is 0.233 e. The molecule has 0 radical (unpaired) electrons. The van der Waals surface area contributed by atoms with Gasteiger partial charge in [-0.25, -0.2) is 0 Å². The van der Waals surface area contributed by atoms with Gasteiger partial charge in [-0.15, -0.1) is 0 Å². The summed E-state index contributed by atoms with van der Waals surface area (Å²) in [5, 5.41) is 17.9. The fourth-order valence-electron chi connectivity index (χ4n) is 1.39. The van der Waals surface area contributed by atoms with E-state index in [9.17, 15) is 4.79 Å². The molecule has 0 bridgehead atoms. The monoisotopic (exact) mass is 141 g/mol. The Morgan fingerprint density at radius 1 is 1.40 bits per heavy atom. The summed E-state index contributed by atoms with van der Waals surface area (Å²) < 4.78 is 0. The summed E-state index contributed by atoms with van der Waals surface area (Å²) in [5.74, 6) is -0.413. The van der Waals surface area contributed by atoms with Crippen molar-refractivity contribution in [3.05, 3.63) is 11.6 Å². The first-order chi connectivity index (χ1) is 4.70. The molecule has 0 spiro atoms. The predicted molar refractivity (Wildman–Crippen MR) is 32.2 cm³/mol. The van der Waals surface area contributed by atoms with Gasteiger partial charge in [0.25, 0.3) is 0 Å². The molecule has 2 heterocycles. The minimum atomic E-state index is -0.249. The van der Waals surface area contributed by atoms with Crippen LogP contribution >= 0.6 is 0 Å². The van der Waals surface area contributed by atoms with Gasteiger partial charge in [0.2, 0.25) is 11.8 Å². The highest BCUT2D eigenvalue weighted by Crippen LogP contribution is 2.35. The molecular formula is C6H7NO3. The quantitative estimate of drug-likeness (QED) is 0.476. The van der Waals surface area contributed by atoms with Crippen LogP contribution in [0.3, 0.4) is 0 Å². The highest BCUT2D eigenvalue weighted by Gasteiger charge is 2.45. The Balaban J connectivity index is 2.29. The van der Waals surface area contributed by atoms with Crippen molar-refractivity contribution in [2.45, 2.75) is 18.9 Å². The lowest BCUT2D eigenvalue weighted by atomic mass is 10.0. The summed E-state index contributed by atoms with van der Waals surface area (Å²) in [5.41, 5.74) is 0. The van der Waals surface area contributed by atoms with Crippen molar-refractivity contribution >= 4 is 5.91 Å². The minimum Gasteiger partial charge on any atom is -0.507 e. The predicted octanol–water partition coefficient (Wildman–Crippen LogP) is 0.276. The molecule has 1 atom stereocenters. The molecule has 4 heteroatoms. The van der Waals surface area contributed by atoms with Gasteiger partial charge in [0.15, 0.2) is 5.76 Å². The molecule has 1 fully saturated rings. The number of hydrogen-bond donors (Lipinski definition) is 2. The summed E-state index contributed by atoms with van der Waals surface area (Å²) in [4.78, 5) is 11.9. The molecule has 54 valence electrons. The van der Waals surface area contributed by atoms with Crippen LogP contribution in [0.2, 0.25) is 0 Å². The molecule has 0 saturated carbocycles. The third kappa shape index (κ3) is 0.442. The van der Waals surface area contributed by atoms with E-state index in [-0.39, 0.29) is 23.6 Å². The van der Waals surface area contributed by atoms with Gasteiger partial charge < -0.3 is 10.2 Å². The molecular weight excluding hydrogens is 134 g/mol. The van der Waals surface area contributed by atoms with Crippen LogP contribution in [0, 0.1) is 0 Å². The summed E-state index contributed by atoms with van der Waals surface area (Å²) in [6.45, 7) is 0. The number of carbonyl (C=O) groups is 1. The van der Waals surface area contributed by atoms with Gasteiger partial charge in [-0.2, -0.15) is 0 Å². The van der Waals surface area contributed by atoms with E-state index < -0.39 is 0 Å². The second-order valence-electron chi connectivity index (χ2n) is 2.60. The summed E-state index contributed by atoms with van der Waals surface area (Å²) in [6, 6.07) is 0.0347. The fourth-order valence-corrected chi connectivity index (χ4v) is 1.39. The van der Waals surface area contributed by atoms with Crippen LogP contribution in [-0.4, -0.2) is 27.1 Å². The van der Waals surface area contributed by atoms with E-state index in [4.69, 9.17) is 10.2 Å². The van der Waals surface area contributed by atoms with Crippen molar-refractivity contribution < 1.29 is 15.0 Å². The van der Waals surface area contributed by atoms with Gasteiger partial charge in [-0.1, -0.05) is 0 Å². The van der Waals surface area contributed by atoms with Crippen molar-refractivity contribution in [1.29, 1.82) is 0 Å². The van der Waals surface area contributed by atoms with Crippen LogP contribution in [0.1, 0.15) is 12.8 Å². The molecule has 2 rings (SSSR count). The number of nitrogens with zero attached hydrogens (tertiary/aromatic N) is 1. The van der Waals surface area contributed by atoms with Gasteiger partial charge >= 0.3 is 0 Å². The Bertz CT molecular complexity index is 233. The lowest BCUT2D eigenvalue weighted by molar-refractivity contribution is -0.143. The molecule has 2 aliphatic rings. The number of β-lactam (4-membered cyclic amide) rings is 1. The van der Waals surface area contributed by atoms with Gasteiger partial charge in [0.05, 0.1) is 6.04 Å². The molecule has 2 aliphatic heterocycles. The first-order valence-electron chi connectivity index (χ1n) is 3.13. The number of rotatable bonds is 0. The van der Waals surface area contributed by atoms with Crippen molar-refractivity contribution in [2.75, 3.05) is 0 Å². The smallest absolute Gasteiger partial charge is 0.233 e. The van der Waals surface area contributed by atoms with E-state index in [1.807, 2.05) is 0 Å². The van der Waals surface area contributed by atoms with Crippen LogP contribution in [0.4, 0.5) is 0 Å². The zero-order valence-electron chi connectivity index (χ0n) is 5.24. The van der Waals surface area contributed by atoms with E-state index >= 15 is 0 Å². The Kier molecular flexibility index (Phi) is 0.809. The molecule has 0 aromatic heterocycles. The third-order valence-corrected chi connectivity index (χ3v) is 1.96. The molecule has 0 unspecified atom stereocenters. The maximum atomic E-state index is 10.7. The van der Waals surface area contributed by atoms with Crippen LogP contribution in [0.15, 0.2) is 11.6 Å². The first kappa shape index (κ1) is 5.58. The van der Waals surface area contributed by atoms with Gasteiger partial charge in [-0.3, -0.25) is 9.69 Å². The third-order valence-electron chi connectivity index (χ3n) is 1.96. The first-order valence-corrected chi connectivity index (χ1v) is 3.13. The van der Waals surface area contributed by atoms with E-state index in [0.29, 0.717) is 12.8 Å². The highest BCUT2D eigenvalue weighted by molar-refractivity contribution is 5.85. The molecule has 2 N–H and O–H groups in total. The van der Waals surface area contributed by atoms with E-state index in [1.165, 1.54) is 4.90 Å². The Labute approximate surface area is 57.4 Å². The lowest BCUT2D eigenvalue weighted by Crippen LogP contribution is -2.48. The molecule has 4 nitrogen and oxygen atoms in total. The Morgan fingerprint density at radius 2 is 2.10 bits per heavy atom. The molecule has 0 aromatic carbocycles. The maximum absolute atomic E-state index is 10.7. The Morgan fingerprint density at radius 3 is 2.50 bits per heavy atom. The van der Waals surface area contributed by atoms with E-state index in [1.54, 1.807) is 0 Å². The Hall–Kier alpha value is -1.19. The standard InChI is InChI=1S/C6H7NO3/c8-4-1-3-2-5(9)7(3)6(4)10/h3,8,10H,1-2H2/t3-/m1/s1. The summed E-state index contributed by atoms with van der Waals surface area (Å²) in [6.07, 6.45) is 0.867. The van der Waals surface area contributed by atoms with Crippen molar-refractivity contribution in [1.82, 2.24) is 4.90 Å². The number of amides is 1. The molecule has 0 aliphatic carbocycles. The SMILES string of the molecule is O=C1C[C@H]2CC(O)=C(O)N12. The number of aliphatic hydroxyl groups excluding tert-OH is 2. The van der Waals surface area contributed by atoms with Crippen LogP contribution < -0.4 is 0 Å². The van der Waals surface area contributed by atoms with Crippen LogP contribution in [0.25, 0.3) is 0 Å². The number of carbonyl (C=O) groups excluding carboxylic acids is 1. The van der Waals surface area contributed by atoms with Crippen LogP contribution in [0.5, 0.6) is 0 Å². The fraction of sp³-hybridized carbons (Fsp3) is 0.500. The largest absolute Gasteiger partial charge is 0.507 e. The van der Waals surface area contributed by atoms with Crippen molar-refractivity contribution in [2.24, 2.45) is 0 Å². The van der Waals surface area contributed by atoms with E-state index in [2.05, 4.69) is 0 Å². The zero-order valence-corrected chi connectivity index (χ0v) is 5.24. The second-order valence-corrected chi connectivity index (χ2v) is 2.60. The number of aliphatic hydroxyl groups is 2.